The second-order valence-electron chi connectivity index (χ2n) is 4.85. The van der Waals surface area contributed by atoms with Gasteiger partial charge >= 0.3 is 0 Å². The molecule has 1 aliphatic rings. The van der Waals surface area contributed by atoms with Crippen molar-refractivity contribution in [3.8, 4) is 5.88 Å². The van der Waals surface area contributed by atoms with Crippen LogP contribution in [0.3, 0.4) is 0 Å². The van der Waals surface area contributed by atoms with Crippen LogP contribution in [0.5, 0.6) is 5.88 Å². The summed E-state index contributed by atoms with van der Waals surface area (Å²) >= 11 is 3.37. The highest BCUT2D eigenvalue weighted by atomic mass is 79.9. The van der Waals surface area contributed by atoms with E-state index in [4.69, 9.17) is 4.74 Å². The predicted octanol–water partition coefficient (Wildman–Crippen LogP) is 2.53. The average Bonchev–Trinajstić information content (AvgIpc) is 2.97. The van der Waals surface area contributed by atoms with E-state index >= 15 is 0 Å². The Morgan fingerprint density at radius 2 is 2.10 bits per heavy atom. The van der Waals surface area contributed by atoms with Gasteiger partial charge < -0.3 is 9.64 Å². The first-order chi connectivity index (χ1) is 10.2. The third kappa shape index (κ3) is 3.39. The fourth-order valence-corrected chi connectivity index (χ4v) is 2.57. The average molecular weight is 348 g/mol. The van der Waals surface area contributed by atoms with Gasteiger partial charge in [0.15, 0.2) is 0 Å². The number of nitrogens with zero attached hydrogens (tertiary/aromatic N) is 3. The molecule has 108 valence electrons. The number of likely N-dealkylation sites (tertiary alicyclic amines) is 1. The molecule has 21 heavy (non-hydrogen) atoms. The minimum absolute atomic E-state index is 0.0268. The van der Waals surface area contributed by atoms with Gasteiger partial charge in [0.1, 0.15) is 6.10 Å². The van der Waals surface area contributed by atoms with Crippen LogP contribution in [0.2, 0.25) is 0 Å². The molecule has 2 heterocycles. The molecule has 0 radical (unpaired) electrons. The van der Waals surface area contributed by atoms with E-state index in [-0.39, 0.29) is 12.0 Å². The molecule has 0 bridgehead atoms. The van der Waals surface area contributed by atoms with Gasteiger partial charge in [0.25, 0.3) is 5.91 Å². The van der Waals surface area contributed by atoms with Gasteiger partial charge in [-0.05, 0) is 30.3 Å². The summed E-state index contributed by atoms with van der Waals surface area (Å²) in [4.78, 5) is 14.2. The molecule has 0 saturated carbocycles. The zero-order chi connectivity index (χ0) is 14.7. The van der Waals surface area contributed by atoms with Crippen molar-refractivity contribution in [2.24, 2.45) is 0 Å². The Balaban J connectivity index is 1.61. The normalized spacial score (nSPS) is 17.8. The van der Waals surface area contributed by atoms with Crippen molar-refractivity contribution in [2.45, 2.75) is 12.5 Å². The molecule has 3 rings (SSSR count). The Bertz CT molecular complexity index is 619. The molecule has 6 heteroatoms. The predicted molar refractivity (Wildman–Crippen MR) is 81.1 cm³/mol. The molecular weight excluding hydrogens is 334 g/mol. The third-order valence-corrected chi connectivity index (χ3v) is 3.89. The highest BCUT2D eigenvalue weighted by Gasteiger charge is 2.28. The standard InChI is InChI=1S/C15H14BrN3O2/c16-12-5-3-11(4-6-12)15(20)19-9-7-13(10-19)21-14-2-1-8-17-18-14/h1-6,8,13H,7,9-10H2. The molecule has 1 aromatic heterocycles. The lowest BCUT2D eigenvalue weighted by atomic mass is 10.2. The summed E-state index contributed by atoms with van der Waals surface area (Å²) in [5.74, 6) is 0.535. The molecule has 1 aromatic carbocycles. The van der Waals surface area contributed by atoms with Crippen molar-refractivity contribution in [3.63, 3.8) is 0 Å². The summed E-state index contributed by atoms with van der Waals surface area (Å²) in [7, 11) is 0. The second kappa shape index (κ2) is 6.22. The largest absolute Gasteiger partial charge is 0.471 e. The van der Waals surface area contributed by atoms with Crippen molar-refractivity contribution in [1.82, 2.24) is 15.1 Å². The smallest absolute Gasteiger partial charge is 0.253 e. The van der Waals surface area contributed by atoms with Crippen molar-refractivity contribution < 1.29 is 9.53 Å². The van der Waals surface area contributed by atoms with Crippen molar-refractivity contribution >= 4 is 21.8 Å². The van der Waals surface area contributed by atoms with Gasteiger partial charge in [0, 0.05) is 35.3 Å². The van der Waals surface area contributed by atoms with Crippen LogP contribution in [0.4, 0.5) is 0 Å². The summed E-state index contributed by atoms with van der Waals surface area (Å²) in [5, 5.41) is 7.68. The SMILES string of the molecule is O=C(c1ccc(Br)cc1)N1CCC(Oc2cccnn2)C1. The Morgan fingerprint density at radius 3 is 2.81 bits per heavy atom. The van der Waals surface area contributed by atoms with Gasteiger partial charge in [-0.2, -0.15) is 5.10 Å². The number of carbonyl (C=O) groups excluding carboxylic acids is 1. The molecule has 2 aromatic rings. The molecule has 1 amide bonds. The quantitative estimate of drug-likeness (QED) is 0.855. The molecule has 5 nitrogen and oxygen atoms in total. The van der Waals surface area contributed by atoms with Crippen molar-refractivity contribution in [1.29, 1.82) is 0 Å². The maximum Gasteiger partial charge on any atom is 0.253 e. The van der Waals surface area contributed by atoms with Crippen LogP contribution in [0.15, 0.2) is 47.1 Å². The van der Waals surface area contributed by atoms with E-state index in [0.29, 0.717) is 24.5 Å². The number of carbonyl (C=O) groups is 1. The van der Waals surface area contributed by atoms with Gasteiger partial charge in [-0.3, -0.25) is 4.79 Å². The number of hydrogen-bond donors (Lipinski definition) is 0. The summed E-state index contributed by atoms with van der Waals surface area (Å²) < 4.78 is 6.70. The first kappa shape index (κ1) is 14.0. The zero-order valence-corrected chi connectivity index (χ0v) is 12.9. The molecule has 1 atom stereocenters. The van der Waals surface area contributed by atoms with E-state index in [1.165, 1.54) is 0 Å². The van der Waals surface area contributed by atoms with Crippen LogP contribution in [0.25, 0.3) is 0 Å². The van der Waals surface area contributed by atoms with Gasteiger partial charge in [-0.15, -0.1) is 5.10 Å². The fourth-order valence-electron chi connectivity index (χ4n) is 2.30. The Kier molecular flexibility index (Phi) is 4.15. The number of halogens is 1. The highest BCUT2D eigenvalue weighted by Crippen LogP contribution is 2.19. The zero-order valence-electron chi connectivity index (χ0n) is 11.3. The van der Waals surface area contributed by atoms with Gasteiger partial charge in [-0.1, -0.05) is 15.9 Å². The maximum atomic E-state index is 12.4. The molecule has 0 spiro atoms. The molecule has 1 fully saturated rings. The van der Waals surface area contributed by atoms with Crippen LogP contribution in [-0.4, -0.2) is 40.2 Å². The summed E-state index contributed by atoms with van der Waals surface area (Å²) in [5.41, 5.74) is 0.693. The minimum Gasteiger partial charge on any atom is -0.471 e. The van der Waals surface area contributed by atoms with E-state index < -0.39 is 0 Å². The minimum atomic E-state index is -0.0268. The monoisotopic (exact) mass is 347 g/mol. The van der Waals surface area contributed by atoms with Crippen LogP contribution in [0, 0.1) is 0 Å². The topological polar surface area (TPSA) is 55.3 Å². The Morgan fingerprint density at radius 1 is 1.29 bits per heavy atom. The molecular formula is C15H14BrN3O2. The van der Waals surface area contributed by atoms with Gasteiger partial charge in [0.2, 0.25) is 5.88 Å². The molecule has 1 saturated heterocycles. The second-order valence-corrected chi connectivity index (χ2v) is 5.76. The van der Waals surface area contributed by atoms with Crippen molar-refractivity contribution in [2.75, 3.05) is 13.1 Å². The van der Waals surface area contributed by atoms with Crippen LogP contribution >= 0.6 is 15.9 Å². The van der Waals surface area contributed by atoms with Crippen LogP contribution in [-0.2, 0) is 0 Å². The third-order valence-electron chi connectivity index (χ3n) is 3.36. The molecule has 0 N–H and O–H groups in total. The number of amides is 1. The summed E-state index contributed by atoms with van der Waals surface area (Å²) in [6.07, 6.45) is 2.38. The number of ether oxygens (including phenoxy) is 1. The number of hydrogen-bond acceptors (Lipinski definition) is 4. The number of aromatic nitrogens is 2. The lowest BCUT2D eigenvalue weighted by Crippen LogP contribution is -2.31. The van der Waals surface area contributed by atoms with E-state index in [1.807, 2.05) is 29.2 Å². The Hall–Kier alpha value is -1.95. The highest BCUT2D eigenvalue weighted by molar-refractivity contribution is 9.10. The Labute approximate surface area is 131 Å². The number of benzene rings is 1. The van der Waals surface area contributed by atoms with Gasteiger partial charge in [0.05, 0.1) is 6.54 Å². The first-order valence-electron chi connectivity index (χ1n) is 6.71. The molecule has 1 aliphatic heterocycles. The number of rotatable bonds is 3. The summed E-state index contributed by atoms with van der Waals surface area (Å²) in [6.45, 7) is 1.27. The van der Waals surface area contributed by atoms with Gasteiger partial charge in [-0.25, -0.2) is 0 Å². The lowest BCUT2D eigenvalue weighted by molar-refractivity contribution is 0.0771. The maximum absolute atomic E-state index is 12.4. The van der Waals surface area contributed by atoms with Crippen LogP contribution in [0.1, 0.15) is 16.8 Å². The summed E-state index contributed by atoms with van der Waals surface area (Å²) in [6, 6.07) is 10.9. The molecule has 0 aliphatic carbocycles. The fraction of sp³-hybridized carbons (Fsp3) is 0.267. The molecule has 1 unspecified atom stereocenters. The lowest BCUT2D eigenvalue weighted by Gasteiger charge is -2.17. The van der Waals surface area contributed by atoms with E-state index in [2.05, 4.69) is 26.1 Å². The van der Waals surface area contributed by atoms with E-state index in [9.17, 15) is 4.79 Å². The first-order valence-corrected chi connectivity index (χ1v) is 7.51. The van der Waals surface area contributed by atoms with Crippen molar-refractivity contribution in [3.05, 3.63) is 52.6 Å². The van der Waals surface area contributed by atoms with Crippen LogP contribution < -0.4 is 4.74 Å². The van der Waals surface area contributed by atoms with E-state index in [0.717, 1.165) is 10.9 Å². The van der Waals surface area contributed by atoms with E-state index in [1.54, 1.807) is 18.3 Å².